The lowest BCUT2D eigenvalue weighted by atomic mass is 10.1. The van der Waals surface area contributed by atoms with E-state index in [0.717, 1.165) is 5.56 Å². The molecule has 0 heterocycles. The van der Waals surface area contributed by atoms with Crippen molar-refractivity contribution in [1.82, 2.24) is 10.2 Å². The predicted molar refractivity (Wildman–Crippen MR) is 113 cm³/mol. The molecular weight excluding hydrogens is 422 g/mol. The average molecular weight is 443 g/mol. The van der Waals surface area contributed by atoms with E-state index < -0.39 is 11.9 Å². The molecule has 150 valence electrons. The molecule has 8 heteroatoms. The molecule has 0 aliphatic heterocycles. The molecule has 0 aliphatic carbocycles. The van der Waals surface area contributed by atoms with Gasteiger partial charge in [-0.2, -0.15) is 0 Å². The molecule has 0 spiro atoms. The lowest BCUT2D eigenvalue weighted by Crippen LogP contribution is -2.47. The standard InChI is InChI=1S/C20H21Cl2FN2O2S/c1-13(20(27)24-2)25(10-15-5-3-4-6-18(15)23)19(26)12-28-11-14-7-8-16(21)17(22)9-14/h3-9,13H,10-12H2,1-2H3,(H,24,27)/t13-/m0/s1. The second-order valence-corrected chi connectivity index (χ2v) is 7.94. The van der Waals surface area contributed by atoms with Crippen LogP contribution in [0.2, 0.25) is 10.0 Å². The first-order valence-electron chi connectivity index (χ1n) is 8.59. The molecule has 2 aromatic rings. The Morgan fingerprint density at radius 1 is 1.18 bits per heavy atom. The van der Waals surface area contributed by atoms with E-state index in [1.807, 2.05) is 6.07 Å². The fraction of sp³-hybridized carbons (Fsp3) is 0.300. The van der Waals surface area contributed by atoms with Gasteiger partial charge >= 0.3 is 0 Å². The molecule has 2 amide bonds. The highest BCUT2D eigenvalue weighted by Crippen LogP contribution is 2.25. The van der Waals surface area contributed by atoms with Crippen molar-refractivity contribution < 1.29 is 14.0 Å². The maximum atomic E-state index is 14.0. The van der Waals surface area contributed by atoms with Crippen molar-refractivity contribution in [1.29, 1.82) is 0 Å². The Morgan fingerprint density at radius 3 is 2.54 bits per heavy atom. The number of benzene rings is 2. The van der Waals surface area contributed by atoms with Gasteiger partial charge in [0.25, 0.3) is 0 Å². The highest BCUT2D eigenvalue weighted by molar-refractivity contribution is 7.99. The highest BCUT2D eigenvalue weighted by atomic mass is 35.5. The van der Waals surface area contributed by atoms with Crippen LogP contribution >= 0.6 is 35.0 Å². The first-order valence-corrected chi connectivity index (χ1v) is 10.5. The van der Waals surface area contributed by atoms with Crippen molar-refractivity contribution in [3.05, 3.63) is 69.5 Å². The fourth-order valence-corrected chi connectivity index (χ4v) is 3.75. The molecule has 0 fully saturated rings. The molecule has 4 nitrogen and oxygen atoms in total. The summed E-state index contributed by atoms with van der Waals surface area (Å²) >= 11 is 13.3. The fourth-order valence-electron chi connectivity index (χ4n) is 2.57. The van der Waals surface area contributed by atoms with Gasteiger partial charge in [0.15, 0.2) is 0 Å². The third-order valence-corrected chi connectivity index (χ3v) is 5.92. The second-order valence-electron chi connectivity index (χ2n) is 6.14. The number of hydrogen-bond acceptors (Lipinski definition) is 3. The molecule has 0 saturated carbocycles. The van der Waals surface area contributed by atoms with Gasteiger partial charge in [0.2, 0.25) is 11.8 Å². The van der Waals surface area contributed by atoms with Gasteiger partial charge in [0.05, 0.1) is 15.8 Å². The maximum Gasteiger partial charge on any atom is 0.242 e. The Balaban J connectivity index is 2.06. The summed E-state index contributed by atoms with van der Waals surface area (Å²) < 4.78 is 14.0. The monoisotopic (exact) mass is 442 g/mol. The van der Waals surface area contributed by atoms with E-state index in [2.05, 4.69) is 5.32 Å². The van der Waals surface area contributed by atoms with E-state index >= 15 is 0 Å². The zero-order chi connectivity index (χ0) is 20.7. The molecular formula is C20H21Cl2FN2O2S. The number of amides is 2. The molecule has 2 aromatic carbocycles. The molecule has 1 atom stereocenters. The number of rotatable bonds is 8. The minimum atomic E-state index is -0.720. The van der Waals surface area contributed by atoms with Crippen molar-refractivity contribution in [2.24, 2.45) is 0 Å². The van der Waals surface area contributed by atoms with Crippen LogP contribution in [0.15, 0.2) is 42.5 Å². The molecule has 1 N–H and O–H groups in total. The molecule has 0 aliphatic rings. The van der Waals surface area contributed by atoms with E-state index in [4.69, 9.17) is 23.2 Å². The first kappa shape index (κ1) is 22.5. The van der Waals surface area contributed by atoms with Gasteiger partial charge in [-0.05, 0) is 30.7 Å². The Labute approximate surface area is 178 Å². The van der Waals surface area contributed by atoms with E-state index in [9.17, 15) is 14.0 Å². The summed E-state index contributed by atoms with van der Waals surface area (Å²) in [4.78, 5) is 26.2. The Kier molecular flexibility index (Phi) is 8.60. The second kappa shape index (κ2) is 10.7. The summed E-state index contributed by atoms with van der Waals surface area (Å²) in [6.45, 7) is 1.65. The third-order valence-electron chi connectivity index (χ3n) is 4.19. The molecule has 2 rings (SSSR count). The Hall–Kier alpha value is -1.76. The van der Waals surface area contributed by atoms with Crippen LogP contribution in [-0.2, 0) is 21.9 Å². The van der Waals surface area contributed by atoms with Gasteiger partial charge in [-0.15, -0.1) is 11.8 Å². The van der Waals surface area contributed by atoms with Gasteiger partial charge in [0.1, 0.15) is 11.9 Å². The average Bonchev–Trinajstić information content (AvgIpc) is 2.68. The van der Waals surface area contributed by atoms with Crippen LogP contribution in [0, 0.1) is 5.82 Å². The van der Waals surface area contributed by atoms with Crippen LogP contribution in [0.5, 0.6) is 0 Å². The number of halogens is 3. The Morgan fingerprint density at radius 2 is 1.89 bits per heavy atom. The van der Waals surface area contributed by atoms with Gasteiger partial charge in [0, 0.05) is 24.9 Å². The van der Waals surface area contributed by atoms with Crippen molar-refractivity contribution in [2.45, 2.75) is 25.3 Å². The smallest absolute Gasteiger partial charge is 0.242 e. The van der Waals surface area contributed by atoms with Crippen molar-refractivity contribution in [2.75, 3.05) is 12.8 Å². The van der Waals surface area contributed by atoms with Crippen LogP contribution in [0.1, 0.15) is 18.1 Å². The highest BCUT2D eigenvalue weighted by Gasteiger charge is 2.26. The van der Waals surface area contributed by atoms with E-state index in [-0.39, 0.29) is 24.1 Å². The topological polar surface area (TPSA) is 49.4 Å². The molecule has 0 unspecified atom stereocenters. The van der Waals surface area contributed by atoms with Crippen LogP contribution < -0.4 is 5.32 Å². The number of nitrogens with zero attached hydrogens (tertiary/aromatic N) is 1. The summed E-state index contributed by atoms with van der Waals surface area (Å²) in [6, 6.07) is 10.8. The van der Waals surface area contributed by atoms with Crippen LogP contribution in [-0.4, -0.2) is 35.6 Å². The van der Waals surface area contributed by atoms with Crippen molar-refractivity contribution in [3.8, 4) is 0 Å². The number of likely N-dealkylation sites (N-methyl/N-ethyl adjacent to an activating group) is 1. The van der Waals surface area contributed by atoms with Crippen molar-refractivity contribution in [3.63, 3.8) is 0 Å². The number of hydrogen-bond donors (Lipinski definition) is 1. The zero-order valence-corrected chi connectivity index (χ0v) is 17.9. The number of carbonyl (C=O) groups excluding carboxylic acids is 2. The minimum absolute atomic E-state index is 0.0213. The summed E-state index contributed by atoms with van der Waals surface area (Å²) in [5.74, 6) is -0.253. The van der Waals surface area contributed by atoms with Crippen LogP contribution in [0.3, 0.4) is 0 Å². The van der Waals surface area contributed by atoms with E-state index in [1.165, 1.54) is 29.8 Å². The zero-order valence-electron chi connectivity index (χ0n) is 15.5. The van der Waals surface area contributed by atoms with Crippen LogP contribution in [0.25, 0.3) is 0 Å². The summed E-state index contributed by atoms with van der Waals surface area (Å²) in [7, 11) is 1.50. The normalized spacial score (nSPS) is 11.8. The predicted octanol–water partition coefficient (Wildman–Crippen LogP) is 4.53. The molecule has 28 heavy (non-hydrogen) atoms. The van der Waals surface area contributed by atoms with Crippen LogP contribution in [0.4, 0.5) is 4.39 Å². The summed E-state index contributed by atoms with van der Waals surface area (Å²) in [5.41, 5.74) is 1.30. The van der Waals surface area contributed by atoms with E-state index in [0.29, 0.717) is 21.4 Å². The lowest BCUT2D eigenvalue weighted by molar-refractivity contribution is -0.138. The number of nitrogens with one attached hydrogen (secondary N) is 1. The van der Waals surface area contributed by atoms with Gasteiger partial charge in [-0.25, -0.2) is 4.39 Å². The number of carbonyl (C=O) groups is 2. The lowest BCUT2D eigenvalue weighted by Gasteiger charge is -2.28. The molecule has 0 radical (unpaired) electrons. The minimum Gasteiger partial charge on any atom is -0.357 e. The largest absolute Gasteiger partial charge is 0.357 e. The summed E-state index contributed by atoms with van der Waals surface area (Å²) in [5, 5.41) is 3.47. The van der Waals surface area contributed by atoms with E-state index in [1.54, 1.807) is 37.3 Å². The maximum absolute atomic E-state index is 14.0. The molecule has 0 saturated heterocycles. The Bertz CT molecular complexity index is 851. The van der Waals surface area contributed by atoms with Gasteiger partial charge in [-0.1, -0.05) is 47.5 Å². The van der Waals surface area contributed by atoms with Gasteiger partial charge < -0.3 is 10.2 Å². The first-order chi connectivity index (χ1) is 13.3. The van der Waals surface area contributed by atoms with Crippen molar-refractivity contribution >= 4 is 46.8 Å². The van der Waals surface area contributed by atoms with Gasteiger partial charge in [-0.3, -0.25) is 9.59 Å². The summed E-state index contributed by atoms with van der Waals surface area (Å²) in [6.07, 6.45) is 0. The third kappa shape index (κ3) is 6.12. The quantitative estimate of drug-likeness (QED) is 0.653. The molecule has 0 bridgehead atoms. The SMILES string of the molecule is CNC(=O)[C@H](C)N(Cc1ccccc1F)C(=O)CSCc1ccc(Cl)c(Cl)c1. The molecule has 0 aromatic heterocycles. The number of thioether (sulfide) groups is 1.